The van der Waals surface area contributed by atoms with Crippen molar-refractivity contribution in [1.82, 2.24) is 0 Å². The topological polar surface area (TPSA) is 17.1 Å². The first kappa shape index (κ1) is 9.42. The highest BCUT2D eigenvalue weighted by Gasteiger charge is 1.99. The number of thiol groups is 1. The first-order chi connectivity index (χ1) is 5.61. The molecule has 0 aliphatic heterocycles. The third-order valence-corrected chi connectivity index (χ3v) is 2.03. The summed E-state index contributed by atoms with van der Waals surface area (Å²) >= 11 is 8.87. The van der Waals surface area contributed by atoms with Gasteiger partial charge in [0.05, 0.1) is 4.20 Å². The normalized spacial score (nSPS) is 9.50. The lowest BCUT2D eigenvalue weighted by molar-refractivity contribution is 0.101. The van der Waals surface area contributed by atoms with E-state index in [1.165, 1.54) is 6.92 Å². The van der Waals surface area contributed by atoms with E-state index in [-0.39, 0.29) is 5.78 Å². The summed E-state index contributed by atoms with van der Waals surface area (Å²) in [5.74, 6) is 0.0617. The maximum absolute atomic E-state index is 10.9. The zero-order valence-electron chi connectivity index (χ0n) is 6.57. The highest BCUT2D eigenvalue weighted by Crippen LogP contribution is 2.08. The molecule has 1 aromatic rings. The zero-order valence-corrected chi connectivity index (χ0v) is 8.28. The molecular weight excluding hydrogens is 188 g/mol. The molecule has 0 saturated heterocycles. The van der Waals surface area contributed by atoms with Crippen LogP contribution < -0.4 is 0 Å². The van der Waals surface area contributed by atoms with Crippen molar-refractivity contribution in [3.8, 4) is 0 Å². The minimum atomic E-state index is 0.0617. The number of carbonyl (C=O) groups excluding carboxylic acids is 1. The summed E-state index contributed by atoms with van der Waals surface area (Å²) in [6, 6.07) is 7.10. The predicted molar refractivity (Wildman–Crippen MR) is 57.1 cm³/mol. The second-order valence-electron chi connectivity index (χ2n) is 2.44. The van der Waals surface area contributed by atoms with Gasteiger partial charge in [-0.15, -0.1) is 12.6 Å². The van der Waals surface area contributed by atoms with Gasteiger partial charge in [-0.25, -0.2) is 0 Å². The van der Waals surface area contributed by atoms with Crippen molar-refractivity contribution in [1.29, 1.82) is 0 Å². The molecule has 0 spiro atoms. The standard InChI is InChI=1S/C9H8OS2/c1-6(10)7-2-4-8(5-3-7)9(11)12/h2-5H,1H3,(H,11,12). The molecule has 12 heavy (non-hydrogen) atoms. The molecule has 0 amide bonds. The highest BCUT2D eigenvalue weighted by atomic mass is 32.1. The minimum Gasteiger partial charge on any atom is -0.295 e. The molecule has 3 heteroatoms. The van der Waals surface area contributed by atoms with Crippen LogP contribution in [0, 0.1) is 0 Å². The van der Waals surface area contributed by atoms with Crippen LogP contribution in [0.1, 0.15) is 22.8 Å². The van der Waals surface area contributed by atoms with E-state index in [0.29, 0.717) is 9.76 Å². The van der Waals surface area contributed by atoms with E-state index in [4.69, 9.17) is 12.2 Å². The van der Waals surface area contributed by atoms with Crippen molar-refractivity contribution in [3.05, 3.63) is 35.4 Å². The van der Waals surface area contributed by atoms with Crippen LogP contribution in [-0.4, -0.2) is 9.98 Å². The number of thiocarbonyl (C=S) groups is 1. The number of benzene rings is 1. The second-order valence-corrected chi connectivity index (χ2v) is 3.60. The van der Waals surface area contributed by atoms with E-state index in [9.17, 15) is 4.79 Å². The molecule has 1 nitrogen and oxygen atoms in total. The van der Waals surface area contributed by atoms with Crippen LogP contribution in [0.5, 0.6) is 0 Å². The number of ketones is 1. The van der Waals surface area contributed by atoms with E-state index < -0.39 is 0 Å². The summed E-state index contributed by atoms with van der Waals surface area (Å²) in [7, 11) is 0. The molecule has 0 N–H and O–H groups in total. The van der Waals surface area contributed by atoms with Crippen molar-refractivity contribution in [2.24, 2.45) is 0 Å². The highest BCUT2D eigenvalue weighted by molar-refractivity contribution is 8.11. The van der Waals surface area contributed by atoms with Gasteiger partial charge in [-0.05, 0) is 12.5 Å². The SMILES string of the molecule is CC(=O)c1ccc(C(=S)S)cc1. The van der Waals surface area contributed by atoms with E-state index in [1.54, 1.807) is 24.3 Å². The molecule has 0 radical (unpaired) electrons. The van der Waals surface area contributed by atoms with Gasteiger partial charge in [-0.2, -0.15) is 0 Å². The van der Waals surface area contributed by atoms with Crippen LogP contribution in [0.4, 0.5) is 0 Å². The fraction of sp³-hybridized carbons (Fsp3) is 0.111. The quantitative estimate of drug-likeness (QED) is 0.444. The monoisotopic (exact) mass is 196 g/mol. The Balaban J connectivity index is 3.01. The number of rotatable bonds is 2. The molecule has 0 heterocycles. The summed E-state index contributed by atoms with van der Waals surface area (Å²) in [6.07, 6.45) is 0. The summed E-state index contributed by atoms with van der Waals surface area (Å²) in [5.41, 5.74) is 1.57. The van der Waals surface area contributed by atoms with Crippen LogP contribution in [0.2, 0.25) is 0 Å². The van der Waals surface area contributed by atoms with Gasteiger partial charge in [0.25, 0.3) is 0 Å². The van der Waals surface area contributed by atoms with Crippen molar-refractivity contribution in [3.63, 3.8) is 0 Å². The van der Waals surface area contributed by atoms with Crippen LogP contribution in [0.25, 0.3) is 0 Å². The number of carbonyl (C=O) groups is 1. The van der Waals surface area contributed by atoms with Gasteiger partial charge in [0.1, 0.15) is 0 Å². The molecule has 0 unspecified atom stereocenters. The molecule has 0 fully saturated rings. The van der Waals surface area contributed by atoms with Gasteiger partial charge in [0, 0.05) is 5.56 Å². The maximum atomic E-state index is 10.9. The Morgan fingerprint density at radius 2 is 1.67 bits per heavy atom. The number of Topliss-reactive ketones (excluding diaryl/α,β-unsaturated/α-hetero) is 1. The van der Waals surface area contributed by atoms with E-state index in [1.807, 2.05) is 0 Å². The molecular formula is C9H8OS2. The lowest BCUT2D eigenvalue weighted by Crippen LogP contribution is -1.93. The Bertz CT molecular complexity index is 281. The average molecular weight is 196 g/mol. The Kier molecular flexibility index (Phi) is 3.00. The van der Waals surface area contributed by atoms with Crippen molar-refractivity contribution in [2.75, 3.05) is 0 Å². The Morgan fingerprint density at radius 3 is 2.00 bits per heavy atom. The van der Waals surface area contributed by atoms with Gasteiger partial charge < -0.3 is 0 Å². The van der Waals surface area contributed by atoms with Crippen LogP contribution in [0.15, 0.2) is 24.3 Å². The van der Waals surface area contributed by atoms with Gasteiger partial charge in [0.2, 0.25) is 0 Å². The smallest absolute Gasteiger partial charge is 0.159 e. The fourth-order valence-corrected chi connectivity index (χ4v) is 1.13. The minimum absolute atomic E-state index is 0.0617. The zero-order chi connectivity index (χ0) is 9.14. The fourth-order valence-electron chi connectivity index (χ4n) is 0.848. The molecule has 0 bridgehead atoms. The van der Waals surface area contributed by atoms with Gasteiger partial charge in [-0.3, -0.25) is 4.79 Å². The Labute approximate surface area is 82.2 Å². The van der Waals surface area contributed by atoms with Gasteiger partial charge in [0.15, 0.2) is 5.78 Å². The molecule has 0 aromatic heterocycles. The predicted octanol–water partition coefficient (Wildman–Crippen LogP) is 2.49. The van der Waals surface area contributed by atoms with Crippen molar-refractivity contribution in [2.45, 2.75) is 6.92 Å². The third-order valence-electron chi connectivity index (χ3n) is 1.54. The second kappa shape index (κ2) is 3.83. The summed E-state index contributed by atoms with van der Waals surface area (Å²) in [6.45, 7) is 1.54. The molecule has 1 aromatic carbocycles. The molecule has 0 aliphatic carbocycles. The summed E-state index contributed by atoms with van der Waals surface area (Å²) < 4.78 is 0.546. The number of hydrogen-bond donors (Lipinski definition) is 1. The van der Waals surface area contributed by atoms with E-state index >= 15 is 0 Å². The largest absolute Gasteiger partial charge is 0.295 e. The van der Waals surface area contributed by atoms with Crippen molar-refractivity contribution < 1.29 is 4.79 Å². The first-order valence-corrected chi connectivity index (χ1v) is 4.31. The van der Waals surface area contributed by atoms with Crippen LogP contribution >= 0.6 is 24.8 Å². The van der Waals surface area contributed by atoms with E-state index in [2.05, 4.69) is 12.6 Å². The lowest BCUT2D eigenvalue weighted by Gasteiger charge is -1.97. The molecule has 0 saturated carbocycles. The van der Waals surface area contributed by atoms with Crippen molar-refractivity contribution >= 4 is 34.8 Å². The summed E-state index contributed by atoms with van der Waals surface area (Å²) in [5, 5.41) is 0. The molecule has 0 atom stereocenters. The number of hydrogen-bond acceptors (Lipinski definition) is 2. The molecule has 0 aliphatic rings. The molecule has 1 rings (SSSR count). The van der Waals surface area contributed by atoms with Crippen LogP contribution in [0.3, 0.4) is 0 Å². The third kappa shape index (κ3) is 2.16. The van der Waals surface area contributed by atoms with Gasteiger partial charge >= 0.3 is 0 Å². The lowest BCUT2D eigenvalue weighted by atomic mass is 10.1. The van der Waals surface area contributed by atoms with E-state index in [0.717, 1.165) is 5.56 Å². The first-order valence-electron chi connectivity index (χ1n) is 3.45. The Hall–Kier alpha value is -0.670. The molecule has 62 valence electrons. The Morgan fingerprint density at radius 1 is 1.25 bits per heavy atom. The average Bonchev–Trinajstić information content (AvgIpc) is 2.04. The van der Waals surface area contributed by atoms with Gasteiger partial charge in [-0.1, -0.05) is 36.5 Å². The maximum Gasteiger partial charge on any atom is 0.159 e. The summed E-state index contributed by atoms with van der Waals surface area (Å²) in [4.78, 5) is 10.9. The van der Waals surface area contributed by atoms with Crippen LogP contribution in [-0.2, 0) is 0 Å².